The van der Waals surface area contributed by atoms with E-state index in [9.17, 15) is 14.7 Å². The van der Waals surface area contributed by atoms with Gasteiger partial charge in [-0.2, -0.15) is 0 Å². The molecule has 0 aromatic rings. The van der Waals surface area contributed by atoms with Crippen LogP contribution in [0.3, 0.4) is 0 Å². The largest absolute Gasteiger partial charge is 0.481 e. The van der Waals surface area contributed by atoms with Gasteiger partial charge in [0.2, 0.25) is 0 Å². The van der Waals surface area contributed by atoms with Crippen LogP contribution in [0, 0.1) is 5.41 Å². The van der Waals surface area contributed by atoms with Crippen molar-refractivity contribution in [1.82, 2.24) is 10.6 Å². The maximum absolute atomic E-state index is 11.5. The molecule has 0 aliphatic heterocycles. The summed E-state index contributed by atoms with van der Waals surface area (Å²) in [5, 5.41) is 14.6. The predicted octanol–water partition coefficient (Wildman–Crippen LogP) is 1.36. The zero-order valence-corrected chi connectivity index (χ0v) is 11.5. The van der Waals surface area contributed by atoms with E-state index >= 15 is 0 Å². The number of ether oxygens (including phenoxy) is 1. The van der Waals surface area contributed by atoms with Crippen LogP contribution in [0.1, 0.15) is 39.0 Å². The van der Waals surface area contributed by atoms with Gasteiger partial charge in [0.25, 0.3) is 0 Å². The standard InChI is InChI=1S/C13H24N2O4/c1-2-19-9-5-8-14-12(18)15-10-13(11(16)17)6-3-4-7-13/h2-10H2,1H3,(H,16,17)(H2,14,15,18). The smallest absolute Gasteiger partial charge is 0.314 e. The number of hydrogen-bond donors (Lipinski definition) is 3. The minimum Gasteiger partial charge on any atom is -0.481 e. The first-order valence-electron chi connectivity index (χ1n) is 6.93. The van der Waals surface area contributed by atoms with E-state index < -0.39 is 11.4 Å². The molecule has 0 aromatic carbocycles. The first kappa shape index (κ1) is 15.8. The van der Waals surface area contributed by atoms with Gasteiger partial charge in [-0.15, -0.1) is 0 Å². The van der Waals surface area contributed by atoms with Gasteiger partial charge in [0.15, 0.2) is 0 Å². The Balaban J connectivity index is 2.20. The molecule has 6 heteroatoms. The summed E-state index contributed by atoms with van der Waals surface area (Å²) in [7, 11) is 0. The highest BCUT2D eigenvalue weighted by Gasteiger charge is 2.41. The number of urea groups is 1. The average molecular weight is 272 g/mol. The number of aliphatic carboxylic acids is 1. The Morgan fingerprint density at radius 2 is 1.95 bits per heavy atom. The van der Waals surface area contributed by atoms with Crippen LogP contribution in [0.25, 0.3) is 0 Å². The first-order chi connectivity index (χ1) is 9.10. The molecule has 0 bridgehead atoms. The highest BCUT2D eigenvalue weighted by Crippen LogP contribution is 2.37. The molecule has 1 saturated carbocycles. The summed E-state index contributed by atoms with van der Waals surface area (Å²) in [5.74, 6) is -0.804. The molecule has 1 aliphatic rings. The third-order valence-electron chi connectivity index (χ3n) is 3.56. The van der Waals surface area contributed by atoms with Gasteiger partial charge in [0.05, 0.1) is 5.41 Å². The summed E-state index contributed by atoms with van der Waals surface area (Å²) in [4.78, 5) is 22.8. The van der Waals surface area contributed by atoms with Crippen LogP contribution in [-0.4, -0.2) is 43.4 Å². The fraction of sp³-hybridized carbons (Fsp3) is 0.846. The minimum absolute atomic E-state index is 0.208. The highest BCUT2D eigenvalue weighted by molar-refractivity contribution is 5.78. The molecule has 0 atom stereocenters. The van der Waals surface area contributed by atoms with Crippen molar-refractivity contribution in [2.45, 2.75) is 39.0 Å². The molecule has 1 aliphatic carbocycles. The number of rotatable bonds is 8. The number of nitrogens with one attached hydrogen (secondary N) is 2. The Kier molecular flexibility index (Phi) is 6.62. The summed E-state index contributed by atoms with van der Waals surface area (Å²) < 4.78 is 5.15. The van der Waals surface area contributed by atoms with Crippen LogP contribution in [0.2, 0.25) is 0 Å². The van der Waals surface area contributed by atoms with Gasteiger partial charge >= 0.3 is 12.0 Å². The van der Waals surface area contributed by atoms with Gasteiger partial charge in [0, 0.05) is 26.3 Å². The van der Waals surface area contributed by atoms with Gasteiger partial charge in [-0.25, -0.2) is 4.79 Å². The molecule has 1 rings (SSSR count). The maximum Gasteiger partial charge on any atom is 0.314 e. The van der Waals surface area contributed by atoms with Crippen LogP contribution in [0.4, 0.5) is 4.79 Å². The van der Waals surface area contributed by atoms with Crippen LogP contribution < -0.4 is 10.6 Å². The molecule has 0 saturated heterocycles. The van der Waals surface area contributed by atoms with Gasteiger partial charge in [-0.1, -0.05) is 12.8 Å². The van der Waals surface area contributed by atoms with E-state index in [2.05, 4.69) is 10.6 Å². The summed E-state index contributed by atoms with van der Waals surface area (Å²) >= 11 is 0. The lowest BCUT2D eigenvalue weighted by Gasteiger charge is -2.24. The quantitative estimate of drug-likeness (QED) is 0.582. The molecule has 3 N–H and O–H groups in total. The Labute approximate surface area is 113 Å². The molecule has 1 fully saturated rings. The van der Waals surface area contributed by atoms with E-state index in [4.69, 9.17) is 4.74 Å². The summed E-state index contributed by atoms with van der Waals surface area (Å²) in [5.41, 5.74) is -0.761. The fourth-order valence-electron chi connectivity index (χ4n) is 2.35. The van der Waals surface area contributed by atoms with Crippen LogP contribution in [-0.2, 0) is 9.53 Å². The first-order valence-corrected chi connectivity index (χ1v) is 6.93. The Hall–Kier alpha value is -1.30. The average Bonchev–Trinajstić information content (AvgIpc) is 2.86. The van der Waals surface area contributed by atoms with Gasteiger partial charge < -0.3 is 20.5 Å². The van der Waals surface area contributed by atoms with E-state index in [0.29, 0.717) is 32.6 Å². The Morgan fingerprint density at radius 3 is 2.53 bits per heavy atom. The lowest BCUT2D eigenvalue weighted by atomic mass is 9.86. The van der Waals surface area contributed by atoms with E-state index in [1.165, 1.54) is 0 Å². The van der Waals surface area contributed by atoms with E-state index in [-0.39, 0.29) is 12.6 Å². The third kappa shape index (κ3) is 5.06. The second kappa shape index (κ2) is 7.99. The van der Waals surface area contributed by atoms with Crippen LogP contribution in [0.5, 0.6) is 0 Å². The number of amides is 2. The Bertz CT molecular complexity index is 301. The van der Waals surface area contributed by atoms with Crippen molar-refractivity contribution < 1.29 is 19.4 Å². The van der Waals surface area contributed by atoms with Crippen LogP contribution >= 0.6 is 0 Å². The van der Waals surface area contributed by atoms with Crippen molar-refractivity contribution >= 4 is 12.0 Å². The van der Waals surface area contributed by atoms with Crippen LogP contribution in [0.15, 0.2) is 0 Å². The van der Waals surface area contributed by atoms with Gasteiger partial charge in [0.1, 0.15) is 0 Å². The normalized spacial score (nSPS) is 17.1. The van der Waals surface area contributed by atoms with Crippen molar-refractivity contribution in [3.8, 4) is 0 Å². The maximum atomic E-state index is 11.5. The van der Waals surface area contributed by atoms with E-state index in [0.717, 1.165) is 19.3 Å². The molecule has 6 nitrogen and oxygen atoms in total. The number of carbonyl (C=O) groups excluding carboxylic acids is 1. The number of carboxylic acids is 1. The van der Waals surface area contributed by atoms with Crippen molar-refractivity contribution in [3.63, 3.8) is 0 Å². The number of carboxylic acid groups (broad SMARTS) is 1. The summed E-state index contributed by atoms with van der Waals surface area (Å²) in [6, 6.07) is -0.302. The minimum atomic E-state index is -0.804. The second-order valence-electron chi connectivity index (χ2n) is 4.95. The molecule has 0 aromatic heterocycles. The molecule has 0 spiro atoms. The molecular weight excluding hydrogens is 248 g/mol. The van der Waals surface area contributed by atoms with Gasteiger partial charge in [-0.3, -0.25) is 4.79 Å². The molecule has 0 radical (unpaired) electrons. The SMILES string of the molecule is CCOCCCNC(=O)NCC1(C(=O)O)CCCC1. The van der Waals surface area contributed by atoms with Crippen molar-refractivity contribution in [2.24, 2.45) is 5.41 Å². The van der Waals surface area contributed by atoms with Crippen molar-refractivity contribution in [1.29, 1.82) is 0 Å². The lowest BCUT2D eigenvalue weighted by molar-refractivity contribution is -0.148. The molecule has 0 unspecified atom stereocenters. The third-order valence-corrected chi connectivity index (χ3v) is 3.56. The predicted molar refractivity (Wildman–Crippen MR) is 71.0 cm³/mol. The summed E-state index contributed by atoms with van der Waals surface area (Å²) in [6.45, 7) is 3.96. The van der Waals surface area contributed by atoms with E-state index in [1.807, 2.05) is 6.92 Å². The highest BCUT2D eigenvalue weighted by atomic mass is 16.5. The number of hydrogen-bond acceptors (Lipinski definition) is 3. The lowest BCUT2D eigenvalue weighted by Crippen LogP contribution is -2.45. The van der Waals surface area contributed by atoms with E-state index in [1.54, 1.807) is 0 Å². The zero-order valence-electron chi connectivity index (χ0n) is 11.5. The monoisotopic (exact) mass is 272 g/mol. The molecule has 19 heavy (non-hydrogen) atoms. The Morgan fingerprint density at radius 1 is 1.26 bits per heavy atom. The molecular formula is C13H24N2O4. The number of carbonyl (C=O) groups is 2. The zero-order chi connectivity index (χ0) is 14.1. The molecule has 110 valence electrons. The molecule has 2 amide bonds. The molecule has 0 heterocycles. The topological polar surface area (TPSA) is 87.7 Å². The van der Waals surface area contributed by atoms with Crippen molar-refractivity contribution in [2.75, 3.05) is 26.3 Å². The summed E-state index contributed by atoms with van der Waals surface area (Å²) in [6.07, 6.45) is 3.89. The van der Waals surface area contributed by atoms with Gasteiger partial charge in [-0.05, 0) is 26.2 Å². The van der Waals surface area contributed by atoms with Crippen molar-refractivity contribution in [3.05, 3.63) is 0 Å². The fourth-order valence-corrected chi connectivity index (χ4v) is 2.35. The second-order valence-corrected chi connectivity index (χ2v) is 4.95.